The lowest BCUT2D eigenvalue weighted by molar-refractivity contribution is 0.275. The number of halogens is 1. The van der Waals surface area contributed by atoms with Gasteiger partial charge in [-0.1, -0.05) is 0 Å². The van der Waals surface area contributed by atoms with Crippen molar-refractivity contribution in [2.75, 3.05) is 11.9 Å². The lowest BCUT2D eigenvalue weighted by atomic mass is 10.2. The molecule has 0 bridgehead atoms. The van der Waals surface area contributed by atoms with Crippen molar-refractivity contribution < 1.29 is 9.50 Å². The molecule has 3 nitrogen and oxygen atoms in total. The zero-order valence-corrected chi connectivity index (χ0v) is 6.84. The van der Waals surface area contributed by atoms with E-state index in [1.165, 1.54) is 6.07 Å². The third-order valence-corrected chi connectivity index (χ3v) is 1.46. The highest BCUT2D eigenvalue weighted by molar-refractivity contribution is 5.37. The molecule has 0 amide bonds. The number of anilines is 1. The van der Waals surface area contributed by atoms with Gasteiger partial charge in [0.2, 0.25) is 0 Å². The number of pyridine rings is 1. The van der Waals surface area contributed by atoms with Gasteiger partial charge in [-0.15, -0.1) is 0 Å². The average Bonchev–Trinajstić information content (AvgIpc) is 2.09. The quantitative estimate of drug-likeness (QED) is 0.715. The van der Waals surface area contributed by atoms with E-state index >= 15 is 0 Å². The Morgan fingerprint density at radius 2 is 2.42 bits per heavy atom. The van der Waals surface area contributed by atoms with Gasteiger partial charge >= 0.3 is 0 Å². The minimum Gasteiger partial charge on any atom is -0.392 e. The zero-order chi connectivity index (χ0) is 8.97. The molecule has 0 fully saturated rings. The van der Waals surface area contributed by atoms with Crippen LogP contribution >= 0.6 is 0 Å². The van der Waals surface area contributed by atoms with E-state index in [0.717, 1.165) is 12.7 Å². The molecule has 0 aliphatic carbocycles. The fourth-order valence-corrected chi connectivity index (χ4v) is 0.879. The van der Waals surface area contributed by atoms with Crippen molar-refractivity contribution in [1.29, 1.82) is 0 Å². The van der Waals surface area contributed by atoms with E-state index < -0.39 is 5.82 Å². The summed E-state index contributed by atoms with van der Waals surface area (Å²) in [6.45, 7) is 2.35. The van der Waals surface area contributed by atoms with Crippen LogP contribution in [-0.2, 0) is 6.61 Å². The number of hydrogen-bond donors (Lipinski definition) is 2. The van der Waals surface area contributed by atoms with Crippen molar-refractivity contribution in [2.45, 2.75) is 13.5 Å². The third-order valence-electron chi connectivity index (χ3n) is 1.46. The van der Waals surface area contributed by atoms with Crippen molar-refractivity contribution in [2.24, 2.45) is 0 Å². The van der Waals surface area contributed by atoms with Crippen LogP contribution in [0.2, 0.25) is 0 Å². The smallest absolute Gasteiger partial charge is 0.147 e. The monoisotopic (exact) mass is 170 g/mol. The Hall–Kier alpha value is -1.16. The van der Waals surface area contributed by atoms with Crippen molar-refractivity contribution >= 4 is 5.82 Å². The molecule has 1 heterocycles. The normalized spacial score (nSPS) is 9.92. The van der Waals surface area contributed by atoms with Crippen LogP contribution in [0, 0.1) is 5.82 Å². The van der Waals surface area contributed by atoms with E-state index in [9.17, 15) is 4.39 Å². The molecule has 0 aromatic carbocycles. The summed E-state index contributed by atoms with van der Waals surface area (Å²) in [5, 5.41) is 11.6. The topological polar surface area (TPSA) is 45.1 Å². The largest absolute Gasteiger partial charge is 0.392 e. The maximum Gasteiger partial charge on any atom is 0.147 e. The van der Waals surface area contributed by atoms with Gasteiger partial charge in [0, 0.05) is 12.1 Å². The highest BCUT2D eigenvalue weighted by atomic mass is 19.1. The number of aromatic nitrogens is 1. The van der Waals surface area contributed by atoms with Gasteiger partial charge < -0.3 is 10.4 Å². The van der Waals surface area contributed by atoms with Gasteiger partial charge in [-0.25, -0.2) is 9.37 Å². The van der Waals surface area contributed by atoms with Gasteiger partial charge in [-0.2, -0.15) is 0 Å². The van der Waals surface area contributed by atoms with E-state index in [-0.39, 0.29) is 12.2 Å². The molecule has 2 N–H and O–H groups in total. The molecule has 0 atom stereocenters. The average molecular weight is 170 g/mol. The summed E-state index contributed by atoms with van der Waals surface area (Å²) in [4.78, 5) is 3.78. The van der Waals surface area contributed by atoms with E-state index in [1.807, 2.05) is 6.92 Å². The molecular formula is C8H11FN2O. The molecule has 0 unspecified atom stereocenters. The number of nitrogens with zero attached hydrogens (tertiary/aromatic N) is 1. The van der Waals surface area contributed by atoms with Crippen LogP contribution in [0.1, 0.15) is 12.5 Å². The predicted octanol–water partition coefficient (Wildman–Crippen LogP) is 1.14. The van der Waals surface area contributed by atoms with Crippen LogP contribution in [0.15, 0.2) is 12.3 Å². The Kier molecular flexibility index (Phi) is 2.99. The highest BCUT2D eigenvalue weighted by Gasteiger charge is 2.02. The van der Waals surface area contributed by atoms with Crippen molar-refractivity contribution in [3.05, 3.63) is 23.6 Å². The summed E-state index contributed by atoms with van der Waals surface area (Å²) in [5.41, 5.74) is 0.265. The number of nitrogens with one attached hydrogen (secondary N) is 1. The van der Waals surface area contributed by atoms with Gasteiger partial charge in [-0.05, 0) is 13.0 Å². The molecule has 0 saturated carbocycles. The number of hydrogen-bond acceptors (Lipinski definition) is 3. The van der Waals surface area contributed by atoms with Crippen LogP contribution in [0.25, 0.3) is 0 Å². The molecule has 1 aromatic heterocycles. The fourth-order valence-electron chi connectivity index (χ4n) is 0.879. The van der Waals surface area contributed by atoms with E-state index in [1.54, 1.807) is 0 Å². The fraction of sp³-hybridized carbons (Fsp3) is 0.375. The minimum atomic E-state index is -0.473. The lowest BCUT2D eigenvalue weighted by Crippen LogP contribution is -2.01. The first kappa shape index (κ1) is 8.93. The Labute approximate surface area is 70.3 Å². The van der Waals surface area contributed by atoms with Gasteiger partial charge in [0.1, 0.15) is 11.6 Å². The molecule has 1 aromatic rings. The second-order valence-corrected chi connectivity index (χ2v) is 2.35. The molecule has 0 aliphatic heterocycles. The molecule has 66 valence electrons. The van der Waals surface area contributed by atoms with Crippen LogP contribution in [0.5, 0.6) is 0 Å². The van der Waals surface area contributed by atoms with E-state index in [2.05, 4.69) is 10.3 Å². The number of aliphatic hydroxyl groups is 1. The van der Waals surface area contributed by atoms with Crippen molar-refractivity contribution in [1.82, 2.24) is 4.98 Å². The second kappa shape index (κ2) is 4.01. The van der Waals surface area contributed by atoms with Gasteiger partial charge in [0.05, 0.1) is 12.8 Å². The van der Waals surface area contributed by atoms with Gasteiger partial charge in [0.15, 0.2) is 0 Å². The summed E-state index contributed by atoms with van der Waals surface area (Å²) < 4.78 is 12.8. The lowest BCUT2D eigenvalue weighted by Gasteiger charge is -2.03. The van der Waals surface area contributed by atoms with Crippen LogP contribution in [-0.4, -0.2) is 16.6 Å². The van der Waals surface area contributed by atoms with Crippen LogP contribution < -0.4 is 5.32 Å². The van der Waals surface area contributed by atoms with Gasteiger partial charge in [-0.3, -0.25) is 0 Å². The molecular weight excluding hydrogens is 159 g/mol. The Morgan fingerprint density at radius 1 is 1.67 bits per heavy atom. The predicted molar refractivity (Wildman–Crippen MR) is 44.3 cm³/mol. The molecule has 4 heteroatoms. The standard InChI is InChI=1S/C8H11FN2O/c1-2-10-8-3-6(5-12)7(9)4-11-8/h3-4,12H,2,5H2,1H3,(H,10,11). The summed E-state index contributed by atoms with van der Waals surface area (Å²) in [7, 11) is 0. The summed E-state index contributed by atoms with van der Waals surface area (Å²) >= 11 is 0. The molecule has 0 spiro atoms. The van der Waals surface area contributed by atoms with Crippen molar-refractivity contribution in [3.8, 4) is 0 Å². The first-order valence-electron chi connectivity index (χ1n) is 3.77. The first-order valence-corrected chi connectivity index (χ1v) is 3.77. The number of rotatable bonds is 3. The molecule has 0 aliphatic rings. The van der Waals surface area contributed by atoms with E-state index in [0.29, 0.717) is 5.82 Å². The maximum absolute atomic E-state index is 12.8. The molecule has 12 heavy (non-hydrogen) atoms. The summed E-state index contributed by atoms with van der Waals surface area (Å²) in [6.07, 6.45) is 1.10. The van der Waals surface area contributed by atoms with Gasteiger partial charge in [0.25, 0.3) is 0 Å². The minimum absolute atomic E-state index is 0.265. The second-order valence-electron chi connectivity index (χ2n) is 2.35. The maximum atomic E-state index is 12.8. The SMILES string of the molecule is CCNc1cc(CO)c(F)cn1. The summed E-state index contributed by atoms with van der Waals surface area (Å²) in [5.74, 6) is 0.113. The molecule has 0 saturated heterocycles. The highest BCUT2D eigenvalue weighted by Crippen LogP contribution is 2.10. The Balaban J connectivity index is 2.89. The summed E-state index contributed by atoms with van der Waals surface area (Å²) in [6, 6.07) is 1.50. The zero-order valence-electron chi connectivity index (χ0n) is 6.84. The van der Waals surface area contributed by atoms with Crippen molar-refractivity contribution in [3.63, 3.8) is 0 Å². The Bertz CT molecular complexity index is 265. The Morgan fingerprint density at radius 3 is 3.00 bits per heavy atom. The van der Waals surface area contributed by atoms with Crippen LogP contribution in [0.3, 0.4) is 0 Å². The molecule has 0 radical (unpaired) electrons. The molecule has 1 rings (SSSR count). The third kappa shape index (κ3) is 1.92. The van der Waals surface area contributed by atoms with Crippen LogP contribution in [0.4, 0.5) is 10.2 Å². The first-order chi connectivity index (χ1) is 5.77. The van der Waals surface area contributed by atoms with E-state index in [4.69, 9.17) is 5.11 Å². The number of aliphatic hydroxyl groups excluding tert-OH is 1.